The van der Waals surface area contributed by atoms with Crippen molar-refractivity contribution in [1.29, 1.82) is 0 Å². The smallest absolute Gasteiger partial charge is 0 e. The molecule has 0 bridgehead atoms. The molecular formula is C8H18Pb. The summed E-state index contributed by atoms with van der Waals surface area (Å²) in [5.41, 5.74) is 0. The van der Waals surface area contributed by atoms with Gasteiger partial charge in [0, 0.05) is 27.3 Å². The average molecular weight is 321 g/mol. The second-order valence-electron chi connectivity index (χ2n) is 2.66. The molecule has 0 amide bonds. The molecule has 0 spiro atoms. The summed E-state index contributed by atoms with van der Waals surface area (Å²) < 4.78 is 0. The van der Waals surface area contributed by atoms with Crippen molar-refractivity contribution in [2.45, 2.75) is 46.5 Å². The predicted molar refractivity (Wildman–Crippen MR) is 44.7 cm³/mol. The zero-order valence-electron chi connectivity index (χ0n) is 6.91. The topological polar surface area (TPSA) is 0 Å². The molecule has 0 rings (SSSR count). The summed E-state index contributed by atoms with van der Waals surface area (Å²) >= 11 is 0. The second kappa shape index (κ2) is 8.92. The molecule has 0 aliphatic heterocycles. The summed E-state index contributed by atoms with van der Waals surface area (Å²) in [6.07, 6.45) is 5.53. The van der Waals surface area contributed by atoms with Crippen molar-refractivity contribution in [2.24, 2.45) is 5.92 Å². The fourth-order valence-electron chi connectivity index (χ4n) is 0.757. The van der Waals surface area contributed by atoms with Crippen LogP contribution in [0.2, 0.25) is 0 Å². The standard InChI is InChI=1S/C8H18.Pb/c1-4-6-7-8(3)5-2;/h8H,4-7H2,1-3H3;. The quantitative estimate of drug-likeness (QED) is 0.699. The van der Waals surface area contributed by atoms with Crippen LogP contribution in [0.3, 0.4) is 0 Å². The summed E-state index contributed by atoms with van der Waals surface area (Å²) in [6.45, 7) is 6.85. The summed E-state index contributed by atoms with van der Waals surface area (Å²) in [5.74, 6) is 0.954. The summed E-state index contributed by atoms with van der Waals surface area (Å²) in [4.78, 5) is 0. The van der Waals surface area contributed by atoms with Gasteiger partial charge in [-0.25, -0.2) is 0 Å². The third kappa shape index (κ3) is 8.92. The van der Waals surface area contributed by atoms with E-state index in [1.807, 2.05) is 0 Å². The third-order valence-corrected chi connectivity index (χ3v) is 1.75. The van der Waals surface area contributed by atoms with E-state index in [9.17, 15) is 0 Å². The monoisotopic (exact) mass is 322 g/mol. The molecule has 1 atom stereocenters. The Hall–Kier alpha value is 0.922. The van der Waals surface area contributed by atoms with Crippen molar-refractivity contribution >= 4 is 27.3 Å². The first-order valence-corrected chi connectivity index (χ1v) is 3.81. The van der Waals surface area contributed by atoms with Gasteiger partial charge in [0.1, 0.15) is 0 Å². The molecule has 0 aromatic carbocycles. The molecule has 0 aliphatic rings. The Kier molecular flexibility index (Phi) is 12.5. The first-order chi connectivity index (χ1) is 3.81. The maximum Gasteiger partial charge on any atom is 0 e. The number of hydrogen-bond acceptors (Lipinski definition) is 0. The van der Waals surface area contributed by atoms with Gasteiger partial charge in [0.2, 0.25) is 0 Å². The molecule has 1 heteroatoms. The van der Waals surface area contributed by atoms with Crippen LogP contribution in [0.15, 0.2) is 0 Å². The van der Waals surface area contributed by atoms with E-state index in [2.05, 4.69) is 20.8 Å². The maximum atomic E-state index is 2.33. The average Bonchev–Trinajstić information content (AvgIpc) is 1.83. The van der Waals surface area contributed by atoms with Crippen LogP contribution < -0.4 is 0 Å². The van der Waals surface area contributed by atoms with Crippen LogP contribution in [0.5, 0.6) is 0 Å². The van der Waals surface area contributed by atoms with Crippen LogP contribution in [0, 0.1) is 5.92 Å². The van der Waals surface area contributed by atoms with E-state index in [-0.39, 0.29) is 27.3 Å². The van der Waals surface area contributed by atoms with Crippen molar-refractivity contribution in [3.05, 3.63) is 0 Å². The Morgan fingerprint density at radius 3 is 2.11 bits per heavy atom. The van der Waals surface area contributed by atoms with Crippen LogP contribution in [0.4, 0.5) is 0 Å². The van der Waals surface area contributed by atoms with Gasteiger partial charge in [0.05, 0.1) is 0 Å². The third-order valence-electron chi connectivity index (χ3n) is 1.75. The largest absolute Gasteiger partial charge is 0.0654 e. The van der Waals surface area contributed by atoms with Crippen molar-refractivity contribution in [3.8, 4) is 0 Å². The summed E-state index contributed by atoms with van der Waals surface area (Å²) in [5, 5.41) is 0. The molecule has 0 N–H and O–H groups in total. The van der Waals surface area contributed by atoms with Gasteiger partial charge < -0.3 is 0 Å². The number of hydrogen-bond donors (Lipinski definition) is 0. The van der Waals surface area contributed by atoms with Gasteiger partial charge in [0.15, 0.2) is 0 Å². The Morgan fingerprint density at radius 2 is 1.78 bits per heavy atom. The van der Waals surface area contributed by atoms with Gasteiger partial charge >= 0.3 is 0 Å². The molecule has 0 fully saturated rings. The zero-order valence-corrected chi connectivity index (χ0v) is 10.8. The molecule has 0 aliphatic carbocycles. The van der Waals surface area contributed by atoms with Gasteiger partial charge in [-0.1, -0.05) is 46.5 Å². The molecule has 0 saturated heterocycles. The van der Waals surface area contributed by atoms with E-state index >= 15 is 0 Å². The van der Waals surface area contributed by atoms with Gasteiger partial charge in [0.25, 0.3) is 0 Å². The molecule has 1 unspecified atom stereocenters. The second-order valence-corrected chi connectivity index (χ2v) is 2.66. The fraction of sp³-hybridized carbons (Fsp3) is 1.00. The van der Waals surface area contributed by atoms with Gasteiger partial charge in [-0.3, -0.25) is 0 Å². The van der Waals surface area contributed by atoms with Crippen LogP contribution in [-0.4, -0.2) is 27.3 Å². The minimum absolute atomic E-state index is 0. The van der Waals surface area contributed by atoms with E-state index in [0.29, 0.717) is 0 Å². The number of unbranched alkanes of at least 4 members (excludes halogenated alkanes) is 1. The molecule has 4 radical (unpaired) electrons. The minimum atomic E-state index is 0. The predicted octanol–water partition coefficient (Wildman–Crippen LogP) is 2.84. The van der Waals surface area contributed by atoms with Crippen molar-refractivity contribution in [3.63, 3.8) is 0 Å². The fourth-order valence-corrected chi connectivity index (χ4v) is 0.757. The first kappa shape index (κ1) is 12.6. The van der Waals surface area contributed by atoms with Crippen LogP contribution >= 0.6 is 0 Å². The number of rotatable bonds is 4. The van der Waals surface area contributed by atoms with Crippen molar-refractivity contribution in [2.75, 3.05) is 0 Å². The summed E-state index contributed by atoms with van der Waals surface area (Å²) in [7, 11) is 0. The minimum Gasteiger partial charge on any atom is -0.0654 e. The van der Waals surface area contributed by atoms with Crippen LogP contribution in [0.25, 0.3) is 0 Å². The first-order valence-electron chi connectivity index (χ1n) is 3.81. The molecule has 0 aromatic heterocycles. The van der Waals surface area contributed by atoms with Gasteiger partial charge in [-0.05, 0) is 5.92 Å². The molecule has 0 saturated carbocycles. The Labute approximate surface area is 79.6 Å². The normalized spacial score (nSPS) is 12.3. The molecule has 0 heterocycles. The maximum absolute atomic E-state index is 2.33. The zero-order chi connectivity index (χ0) is 6.41. The Balaban J connectivity index is 0. The van der Waals surface area contributed by atoms with Crippen molar-refractivity contribution in [1.82, 2.24) is 0 Å². The van der Waals surface area contributed by atoms with Crippen LogP contribution in [0.1, 0.15) is 46.5 Å². The Morgan fingerprint density at radius 1 is 1.22 bits per heavy atom. The van der Waals surface area contributed by atoms with Gasteiger partial charge in [-0.15, -0.1) is 0 Å². The van der Waals surface area contributed by atoms with Crippen LogP contribution in [-0.2, 0) is 0 Å². The molecule has 0 nitrogen and oxygen atoms in total. The summed E-state index contributed by atoms with van der Waals surface area (Å²) in [6, 6.07) is 0. The van der Waals surface area contributed by atoms with E-state index < -0.39 is 0 Å². The van der Waals surface area contributed by atoms with E-state index in [0.717, 1.165) is 5.92 Å². The van der Waals surface area contributed by atoms with Crippen molar-refractivity contribution < 1.29 is 0 Å². The molecular weight excluding hydrogens is 303 g/mol. The Bertz CT molecular complexity index is 43.8. The van der Waals surface area contributed by atoms with E-state index in [1.54, 1.807) is 0 Å². The van der Waals surface area contributed by atoms with Gasteiger partial charge in [-0.2, -0.15) is 0 Å². The molecule has 0 aromatic rings. The SMILES string of the molecule is CCCCC(C)CC.[Pb]. The van der Waals surface area contributed by atoms with E-state index in [1.165, 1.54) is 25.7 Å². The molecule has 9 heavy (non-hydrogen) atoms. The molecule has 54 valence electrons. The van der Waals surface area contributed by atoms with E-state index in [4.69, 9.17) is 0 Å².